The lowest BCUT2D eigenvalue weighted by Gasteiger charge is -2.05. The zero-order valence-corrected chi connectivity index (χ0v) is 10.7. The molecule has 3 aromatic rings. The maximum absolute atomic E-state index is 12.2. The fourth-order valence-electron chi connectivity index (χ4n) is 1.87. The summed E-state index contributed by atoms with van der Waals surface area (Å²) in [5.74, 6) is 0. The molecule has 0 unspecified atom stereocenters. The van der Waals surface area contributed by atoms with Crippen molar-refractivity contribution in [3.63, 3.8) is 0 Å². The van der Waals surface area contributed by atoms with Gasteiger partial charge >= 0.3 is 0 Å². The molecule has 0 radical (unpaired) electrons. The summed E-state index contributed by atoms with van der Waals surface area (Å²) in [5.41, 5.74) is 2.30. The number of thiophene rings is 1. The van der Waals surface area contributed by atoms with Crippen LogP contribution >= 0.6 is 11.3 Å². The van der Waals surface area contributed by atoms with Gasteiger partial charge in [-0.3, -0.25) is 9.36 Å². The topological polar surface area (TPSA) is 58.7 Å². The largest absolute Gasteiger partial charge is 0.294 e. The molecule has 92 valence electrons. The first-order valence-corrected chi connectivity index (χ1v) is 6.57. The molecule has 0 amide bonds. The van der Waals surface area contributed by atoms with Crippen molar-refractivity contribution in [1.82, 2.24) is 9.55 Å². The third kappa shape index (κ3) is 2.14. The third-order valence-electron chi connectivity index (χ3n) is 2.87. The number of hydrogen-bond donors (Lipinski definition) is 0. The van der Waals surface area contributed by atoms with Crippen LogP contribution in [0, 0.1) is 11.3 Å². The van der Waals surface area contributed by atoms with Crippen molar-refractivity contribution >= 4 is 21.6 Å². The smallest absolute Gasteiger partial charge is 0.271 e. The van der Waals surface area contributed by atoms with Gasteiger partial charge in [0.05, 0.1) is 30.0 Å². The number of nitriles is 1. The summed E-state index contributed by atoms with van der Waals surface area (Å²) in [4.78, 5) is 16.5. The van der Waals surface area contributed by atoms with Gasteiger partial charge in [-0.05, 0) is 29.1 Å². The van der Waals surface area contributed by atoms with Crippen LogP contribution in [0.2, 0.25) is 0 Å². The van der Waals surface area contributed by atoms with Crippen LogP contribution < -0.4 is 5.56 Å². The summed E-state index contributed by atoms with van der Waals surface area (Å²) in [6.07, 6.45) is 1.57. The molecule has 0 bridgehead atoms. The summed E-state index contributed by atoms with van der Waals surface area (Å²) in [6, 6.07) is 11.1. The summed E-state index contributed by atoms with van der Waals surface area (Å²) in [7, 11) is 0. The van der Waals surface area contributed by atoms with Gasteiger partial charge in [0.1, 0.15) is 4.70 Å². The molecule has 0 saturated carbocycles. The second kappa shape index (κ2) is 4.67. The highest BCUT2D eigenvalue weighted by Gasteiger charge is 2.05. The van der Waals surface area contributed by atoms with E-state index in [9.17, 15) is 4.79 Å². The Morgan fingerprint density at radius 2 is 2.05 bits per heavy atom. The zero-order valence-electron chi connectivity index (χ0n) is 9.91. The second-order valence-electron chi connectivity index (χ2n) is 4.12. The van der Waals surface area contributed by atoms with Crippen molar-refractivity contribution in [3.05, 3.63) is 63.5 Å². The first-order chi connectivity index (χ1) is 9.28. The van der Waals surface area contributed by atoms with Gasteiger partial charge < -0.3 is 0 Å². The van der Waals surface area contributed by atoms with Crippen LogP contribution in [0.1, 0.15) is 11.1 Å². The lowest BCUT2D eigenvalue weighted by Crippen LogP contribution is -2.20. The predicted molar refractivity (Wildman–Crippen MR) is 74.1 cm³/mol. The molecule has 1 aromatic carbocycles. The maximum atomic E-state index is 12.2. The number of rotatable bonds is 2. The number of hydrogen-bond acceptors (Lipinski definition) is 4. The average Bonchev–Trinajstić information content (AvgIpc) is 2.92. The first kappa shape index (κ1) is 11.6. The lowest BCUT2D eigenvalue weighted by atomic mass is 10.1. The van der Waals surface area contributed by atoms with E-state index >= 15 is 0 Å². The monoisotopic (exact) mass is 267 g/mol. The maximum Gasteiger partial charge on any atom is 0.271 e. The van der Waals surface area contributed by atoms with E-state index in [1.807, 2.05) is 23.6 Å². The normalized spacial score (nSPS) is 10.5. The van der Waals surface area contributed by atoms with E-state index in [-0.39, 0.29) is 5.56 Å². The van der Waals surface area contributed by atoms with Crippen molar-refractivity contribution in [2.75, 3.05) is 0 Å². The Hall–Kier alpha value is -2.45. The molecule has 0 N–H and O–H groups in total. The minimum Gasteiger partial charge on any atom is -0.294 e. The van der Waals surface area contributed by atoms with Crippen molar-refractivity contribution in [3.8, 4) is 6.07 Å². The Morgan fingerprint density at radius 1 is 1.26 bits per heavy atom. The van der Waals surface area contributed by atoms with Gasteiger partial charge in [-0.15, -0.1) is 11.3 Å². The highest BCUT2D eigenvalue weighted by Crippen LogP contribution is 2.13. The molecule has 19 heavy (non-hydrogen) atoms. The number of benzene rings is 1. The van der Waals surface area contributed by atoms with Gasteiger partial charge in [-0.25, -0.2) is 4.98 Å². The first-order valence-electron chi connectivity index (χ1n) is 5.69. The Balaban J connectivity index is 1.98. The van der Waals surface area contributed by atoms with Gasteiger partial charge in [0, 0.05) is 0 Å². The molecule has 2 aromatic heterocycles. The molecule has 4 nitrogen and oxygen atoms in total. The van der Waals surface area contributed by atoms with Crippen LogP contribution in [-0.4, -0.2) is 9.55 Å². The van der Waals surface area contributed by atoms with E-state index in [1.54, 1.807) is 23.0 Å². The van der Waals surface area contributed by atoms with Crippen LogP contribution in [0.5, 0.6) is 0 Å². The van der Waals surface area contributed by atoms with Crippen LogP contribution in [-0.2, 0) is 6.54 Å². The Kier molecular flexibility index (Phi) is 2.86. The van der Waals surface area contributed by atoms with Crippen LogP contribution in [0.15, 0.2) is 46.8 Å². The van der Waals surface area contributed by atoms with Gasteiger partial charge in [0.25, 0.3) is 5.56 Å². The molecule has 0 atom stereocenters. The Labute approximate surface area is 113 Å². The highest BCUT2D eigenvalue weighted by atomic mass is 32.1. The van der Waals surface area contributed by atoms with Gasteiger partial charge in [0.2, 0.25) is 0 Å². The standard InChI is InChI=1S/C14H9N3OS/c15-7-10-1-3-11(4-2-10)8-17-9-16-12-5-6-19-13(12)14(17)18/h1-6,9H,8H2. The highest BCUT2D eigenvalue weighted by molar-refractivity contribution is 7.17. The van der Waals surface area contributed by atoms with Crippen molar-refractivity contribution in [2.45, 2.75) is 6.54 Å². The zero-order chi connectivity index (χ0) is 13.2. The quantitative estimate of drug-likeness (QED) is 0.716. The van der Waals surface area contributed by atoms with Crippen LogP contribution in [0.3, 0.4) is 0 Å². The van der Waals surface area contributed by atoms with Gasteiger partial charge in [-0.2, -0.15) is 5.26 Å². The minimum atomic E-state index is -0.0237. The third-order valence-corrected chi connectivity index (χ3v) is 3.76. The molecular formula is C14H9N3OS. The van der Waals surface area contributed by atoms with E-state index in [0.29, 0.717) is 16.8 Å². The molecule has 0 aliphatic rings. The van der Waals surface area contributed by atoms with E-state index in [4.69, 9.17) is 5.26 Å². The number of fused-ring (bicyclic) bond motifs is 1. The lowest BCUT2D eigenvalue weighted by molar-refractivity contribution is 0.750. The van der Waals surface area contributed by atoms with Gasteiger partial charge in [-0.1, -0.05) is 12.1 Å². The number of nitrogens with zero attached hydrogens (tertiary/aromatic N) is 3. The van der Waals surface area contributed by atoms with E-state index in [2.05, 4.69) is 11.1 Å². The van der Waals surface area contributed by atoms with Crippen LogP contribution in [0.4, 0.5) is 0 Å². The summed E-state index contributed by atoms with van der Waals surface area (Å²) in [5, 5.41) is 10.6. The SMILES string of the molecule is N#Cc1ccc(Cn2cnc3ccsc3c2=O)cc1. The molecule has 2 heterocycles. The number of aromatic nitrogens is 2. The second-order valence-corrected chi connectivity index (χ2v) is 5.04. The Bertz CT molecular complexity index is 824. The van der Waals surface area contributed by atoms with E-state index in [1.165, 1.54) is 11.3 Å². The molecule has 3 rings (SSSR count). The van der Waals surface area contributed by atoms with Crippen LogP contribution in [0.25, 0.3) is 10.2 Å². The molecule has 0 saturated heterocycles. The predicted octanol–water partition coefficient (Wildman–Crippen LogP) is 2.38. The molecule has 5 heteroatoms. The van der Waals surface area contributed by atoms with E-state index in [0.717, 1.165) is 11.1 Å². The van der Waals surface area contributed by atoms with Crippen molar-refractivity contribution in [2.24, 2.45) is 0 Å². The fourth-order valence-corrected chi connectivity index (χ4v) is 2.67. The van der Waals surface area contributed by atoms with Crippen molar-refractivity contribution < 1.29 is 0 Å². The molecule has 0 aliphatic heterocycles. The summed E-state index contributed by atoms with van der Waals surface area (Å²) in [6.45, 7) is 0.464. The van der Waals surface area contributed by atoms with E-state index < -0.39 is 0 Å². The van der Waals surface area contributed by atoms with Gasteiger partial charge in [0.15, 0.2) is 0 Å². The fraction of sp³-hybridized carbons (Fsp3) is 0.0714. The average molecular weight is 267 g/mol. The summed E-state index contributed by atoms with van der Waals surface area (Å²) >= 11 is 1.41. The Morgan fingerprint density at radius 3 is 2.79 bits per heavy atom. The molecule has 0 spiro atoms. The minimum absolute atomic E-state index is 0.0237. The molecule has 0 fully saturated rings. The molecule has 0 aliphatic carbocycles. The van der Waals surface area contributed by atoms with Crippen molar-refractivity contribution in [1.29, 1.82) is 5.26 Å². The molecular weight excluding hydrogens is 258 g/mol. The summed E-state index contributed by atoms with van der Waals surface area (Å²) < 4.78 is 2.26.